The molecule has 0 radical (unpaired) electrons. The number of pyridine rings is 1. The Morgan fingerprint density at radius 1 is 0.903 bits per heavy atom. The molecular formula is C22H27N5O3S. The van der Waals surface area contributed by atoms with E-state index in [1.165, 1.54) is 16.5 Å². The van der Waals surface area contributed by atoms with Crippen LogP contribution in [0.25, 0.3) is 20.4 Å². The lowest BCUT2D eigenvalue weighted by Crippen LogP contribution is -2.39. The van der Waals surface area contributed by atoms with Crippen molar-refractivity contribution in [3.8, 4) is 0 Å². The van der Waals surface area contributed by atoms with E-state index in [0.717, 1.165) is 85.7 Å². The van der Waals surface area contributed by atoms with Crippen molar-refractivity contribution < 1.29 is 14.2 Å². The summed E-state index contributed by atoms with van der Waals surface area (Å²) in [5.41, 5.74) is 3.35. The van der Waals surface area contributed by atoms with Crippen molar-refractivity contribution in [2.45, 2.75) is 32.5 Å². The van der Waals surface area contributed by atoms with Crippen molar-refractivity contribution in [1.29, 1.82) is 0 Å². The normalized spacial score (nSPS) is 21.6. The molecule has 0 aliphatic carbocycles. The van der Waals surface area contributed by atoms with Crippen LogP contribution in [0, 0.1) is 0 Å². The third-order valence-corrected chi connectivity index (χ3v) is 7.48. The van der Waals surface area contributed by atoms with Crippen LogP contribution in [0.2, 0.25) is 0 Å². The Bertz CT molecular complexity index is 1140. The summed E-state index contributed by atoms with van der Waals surface area (Å²) in [5.74, 6) is 2.05. The van der Waals surface area contributed by atoms with E-state index in [2.05, 4.69) is 28.6 Å². The van der Waals surface area contributed by atoms with E-state index < -0.39 is 0 Å². The molecule has 3 aliphatic rings. The minimum atomic E-state index is -0.210. The van der Waals surface area contributed by atoms with Crippen molar-refractivity contribution in [2.24, 2.45) is 0 Å². The molecule has 8 nitrogen and oxygen atoms in total. The third kappa shape index (κ3) is 3.34. The van der Waals surface area contributed by atoms with E-state index in [1.807, 2.05) is 0 Å². The molecule has 0 unspecified atom stereocenters. The highest BCUT2D eigenvalue weighted by Crippen LogP contribution is 2.44. The van der Waals surface area contributed by atoms with Gasteiger partial charge in [-0.3, -0.25) is 0 Å². The van der Waals surface area contributed by atoms with Gasteiger partial charge >= 0.3 is 0 Å². The number of hydrogen-bond donors (Lipinski definition) is 0. The van der Waals surface area contributed by atoms with Crippen LogP contribution < -0.4 is 9.80 Å². The highest BCUT2D eigenvalue weighted by molar-refractivity contribution is 7.26. The Morgan fingerprint density at radius 2 is 1.58 bits per heavy atom. The van der Waals surface area contributed by atoms with E-state index >= 15 is 0 Å². The smallest absolute Gasteiger partial charge is 0.150 e. The molecular weight excluding hydrogens is 414 g/mol. The molecule has 0 bridgehead atoms. The summed E-state index contributed by atoms with van der Waals surface area (Å²) in [7, 11) is 0. The molecule has 2 fully saturated rings. The molecule has 0 N–H and O–H groups in total. The SMILES string of the molecule is CC1(C)Cc2c(c(N3CCOCC3)nc3sc4c(N5CCOCC5)ncnc4c23)CO1. The van der Waals surface area contributed by atoms with Gasteiger partial charge in [-0.25, -0.2) is 15.0 Å². The average molecular weight is 442 g/mol. The maximum atomic E-state index is 6.23. The monoisotopic (exact) mass is 441 g/mol. The zero-order valence-corrected chi connectivity index (χ0v) is 18.8. The fraction of sp³-hybridized carbons (Fsp3) is 0.591. The molecule has 0 spiro atoms. The van der Waals surface area contributed by atoms with Crippen molar-refractivity contribution in [1.82, 2.24) is 15.0 Å². The third-order valence-electron chi connectivity index (χ3n) is 6.41. The molecule has 3 aromatic rings. The van der Waals surface area contributed by atoms with Crippen molar-refractivity contribution in [3.63, 3.8) is 0 Å². The second-order valence-electron chi connectivity index (χ2n) is 8.97. The van der Waals surface area contributed by atoms with Crippen molar-refractivity contribution >= 4 is 43.4 Å². The van der Waals surface area contributed by atoms with E-state index in [1.54, 1.807) is 17.7 Å². The highest BCUT2D eigenvalue weighted by Gasteiger charge is 2.33. The van der Waals surface area contributed by atoms with Crippen LogP contribution in [0.5, 0.6) is 0 Å². The molecule has 6 heterocycles. The van der Waals surface area contributed by atoms with Gasteiger partial charge in [0.1, 0.15) is 22.8 Å². The molecule has 0 saturated carbocycles. The van der Waals surface area contributed by atoms with Crippen molar-refractivity contribution in [2.75, 3.05) is 62.4 Å². The maximum Gasteiger partial charge on any atom is 0.150 e. The lowest BCUT2D eigenvalue weighted by Gasteiger charge is -2.36. The van der Waals surface area contributed by atoms with Gasteiger partial charge in [0, 0.05) is 43.5 Å². The van der Waals surface area contributed by atoms with Gasteiger partial charge in [0.2, 0.25) is 0 Å². The predicted molar refractivity (Wildman–Crippen MR) is 121 cm³/mol. The van der Waals surface area contributed by atoms with Crippen LogP contribution in [0.1, 0.15) is 25.0 Å². The number of ether oxygens (including phenoxy) is 3. The Morgan fingerprint density at radius 3 is 2.29 bits per heavy atom. The van der Waals surface area contributed by atoms with Crippen LogP contribution in [0.3, 0.4) is 0 Å². The number of thiophene rings is 1. The van der Waals surface area contributed by atoms with Gasteiger partial charge in [-0.2, -0.15) is 0 Å². The number of fused-ring (bicyclic) bond motifs is 5. The second kappa shape index (κ2) is 7.51. The lowest BCUT2D eigenvalue weighted by atomic mass is 9.90. The molecule has 164 valence electrons. The fourth-order valence-electron chi connectivity index (χ4n) is 4.81. The summed E-state index contributed by atoms with van der Waals surface area (Å²) in [6.07, 6.45) is 2.55. The molecule has 3 aromatic heterocycles. The number of nitrogens with zero attached hydrogens (tertiary/aromatic N) is 5. The van der Waals surface area contributed by atoms with E-state index in [-0.39, 0.29) is 5.60 Å². The lowest BCUT2D eigenvalue weighted by molar-refractivity contribution is -0.0396. The average Bonchev–Trinajstić information content (AvgIpc) is 3.18. The molecule has 31 heavy (non-hydrogen) atoms. The summed E-state index contributed by atoms with van der Waals surface area (Å²) in [6.45, 7) is 11.3. The molecule has 2 saturated heterocycles. The topological polar surface area (TPSA) is 72.8 Å². The number of morpholine rings is 2. The molecule has 0 amide bonds. The number of hydrogen-bond acceptors (Lipinski definition) is 9. The first-order valence-electron chi connectivity index (χ1n) is 11.0. The van der Waals surface area contributed by atoms with E-state index in [9.17, 15) is 0 Å². The largest absolute Gasteiger partial charge is 0.378 e. The first-order chi connectivity index (χ1) is 15.1. The fourth-order valence-corrected chi connectivity index (χ4v) is 5.99. The van der Waals surface area contributed by atoms with E-state index in [0.29, 0.717) is 6.61 Å². The Labute approximate surface area is 185 Å². The standard InChI is InChI=1S/C22H27N5O3S/c1-22(2)11-14-15(12-30-22)19(26-3-7-28-8-4-26)25-21-16(14)17-18(31-21)20(24-13-23-17)27-5-9-29-10-6-27/h13H,3-12H2,1-2H3. The van der Waals surface area contributed by atoms with Gasteiger partial charge in [0.15, 0.2) is 0 Å². The van der Waals surface area contributed by atoms with Gasteiger partial charge in [0.25, 0.3) is 0 Å². The maximum absolute atomic E-state index is 6.23. The summed E-state index contributed by atoms with van der Waals surface area (Å²) in [4.78, 5) is 20.3. The molecule has 0 atom stereocenters. The van der Waals surface area contributed by atoms with Crippen molar-refractivity contribution in [3.05, 3.63) is 17.5 Å². The Hall–Kier alpha value is -2.07. The first-order valence-corrected chi connectivity index (χ1v) is 11.8. The van der Waals surface area contributed by atoms with Crippen LogP contribution in [0.15, 0.2) is 6.33 Å². The van der Waals surface area contributed by atoms with Gasteiger partial charge in [-0.15, -0.1) is 11.3 Å². The predicted octanol–water partition coefficient (Wildman–Crippen LogP) is 2.76. The van der Waals surface area contributed by atoms with Crippen LogP contribution in [-0.2, 0) is 27.2 Å². The van der Waals surface area contributed by atoms with Gasteiger partial charge in [-0.05, 0) is 19.4 Å². The minimum Gasteiger partial charge on any atom is -0.378 e. The summed E-state index contributed by atoms with van der Waals surface area (Å²) < 4.78 is 18.5. The van der Waals surface area contributed by atoms with Crippen LogP contribution in [-0.4, -0.2) is 73.2 Å². The van der Waals surface area contributed by atoms with E-state index in [4.69, 9.17) is 24.2 Å². The zero-order valence-electron chi connectivity index (χ0n) is 18.0. The summed E-state index contributed by atoms with van der Waals surface area (Å²) >= 11 is 1.72. The van der Waals surface area contributed by atoms with Gasteiger partial charge in [-0.1, -0.05) is 0 Å². The second-order valence-corrected chi connectivity index (χ2v) is 9.97. The summed E-state index contributed by atoms with van der Waals surface area (Å²) in [5, 5.41) is 1.18. The van der Waals surface area contributed by atoms with Crippen LogP contribution >= 0.6 is 11.3 Å². The molecule has 9 heteroatoms. The number of aromatic nitrogens is 3. The first kappa shape index (κ1) is 19.6. The Kier molecular flexibility index (Phi) is 4.75. The number of rotatable bonds is 2. The van der Waals surface area contributed by atoms with Gasteiger partial charge in [0.05, 0.1) is 48.9 Å². The molecule has 6 rings (SSSR count). The Balaban J connectivity index is 1.58. The van der Waals surface area contributed by atoms with Crippen LogP contribution in [0.4, 0.5) is 11.6 Å². The highest BCUT2D eigenvalue weighted by atomic mass is 32.1. The molecule has 3 aliphatic heterocycles. The quantitative estimate of drug-likeness (QED) is 0.601. The zero-order chi connectivity index (χ0) is 21.0. The molecule has 0 aromatic carbocycles. The summed E-state index contributed by atoms with van der Waals surface area (Å²) in [6, 6.07) is 0. The van der Waals surface area contributed by atoms with Gasteiger partial charge < -0.3 is 24.0 Å². The minimum absolute atomic E-state index is 0.210. The number of anilines is 2.